The Kier molecular flexibility index (Phi) is 11.1. The summed E-state index contributed by atoms with van der Waals surface area (Å²) in [6, 6.07) is 15.8. The van der Waals surface area contributed by atoms with Crippen molar-refractivity contribution in [1.29, 1.82) is 0 Å². The summed E-state index contributed by atoms with van der Waals surface area (Å²) in [5.41, 5.74) is 9.68. The highest BCUT2D eigenvalue weighted by molar-refractivity contribution is 5.74. The van der Waals surface area contributed by atoms with Crippen molar-refractivity contribution >= 4 is 11.9 Å². The number of ether oxygens (including phenoxy) is 1. The largest absolute Gasteiger partial charge is 0.494 e. The van der Waals surface area contributed by atoms with Gasteiger partial charge in [0.25, 0.3) is 0 Å². The van der Waals surface area contributed by atoms with Gasteiger partial charge in [0.15, 0.2) is 0 Å². The Morgan fingerprint density at radius 1 is 0.935 bits per heavy atom. The van der Waals surface area contributed by atoms with Gasteiger partial charge in [-0.2, -0.15) is 0 Å². The van der Waals surface area contributed by atoms with E-state index in [9.17, 15) is 14.7 Å². The van der Waals surface area contributed by atoms with Crippen LogP contribution in [-0.2, 0) is 27.3 Å². The van der Waals surface area contributed by atoms with Crippen LogP contribution in [0.3, 0.4) is 0 Å². The maximum Gasteiger partial charge on any atom is 0.325 e. The number of unbranched alkanes of at least 4 members (excludes halogenated alkanes) is 3. The molecule has 168 valence electrons. The number of nitrogens with one attached hydrogen (secondary N) is 1. The monoisotopic (exact) mass is 428 g/mol. The van der Waals surface area contributed by atoms with Crippen molar-refractivity contribution in [2.75, 3.05) is 13.2 Å². The third-order valence-electron chi connectivity index (χ3n) is 4.80. The number of carboxylic acid groups (broad SMARTS) is 1. The number of hydroxylamine groups is 1. The van der Waals surface area contributed by atoms with E-state index in [1.165, 1.54) is 0 Å². The zero-order valence-electron chi connectivity index (χ0n) is 17.8. The molecule has 7 heteroatoms. The molecule has 2 rings (SSSR count). The second-order valence-corrected chi connectivity index (χ2v) is 7.37. The van der Waals surface area contributed by atoms with Gasteiger partial charge >= 0.3 is 11.9 Å². The third-order valence-corrected chi connectivity index (χ3v) is 4.80. The van der Waals surface area contributed by atoms with Gasteiger partial charge in [0.2, 0.25) is 0 Å². The number of aryl methyl sites for hydroxylation is 1. The first-order chi connectivity index (χ1) is 15.1. The van der Waals surface area contributed by atoms with Crippen LogP contribution in [0, 0.1) is 0 Å². The molecule has 7 nitrogen and oxygen atoms in total. The van der Waals surface area contributed by atoms with E-state index in [4.69, 9.17) is 15.3 Å². The first-order valence-corrected chi connectivity index (χ1v) is 10.7. The summed E-state index contributed by atoms with van der Waals surface area (Å²) < 4.78 is 5.70. The van der Waals surface area contributed by atoms with Crippen molar-refractivity contribution in [3.8, 4) is 5.75 Å². The second kappa shape index (κ2) is 14.2. The van der Waals surface area contributed by atoms with E-state index < -0.39 is 18.0 Å². The van der Waals surface area contributed by atoms with E-state index in [1.807, 2.05) is 54.6 Å². The summed E-state index contributed by atoms with van der Waals surface area (Å²) in [6.07, 6.45) is 5.10. The highest BCUT2D eigenvalue weighted by Gasteiger charge is 2.20. The van der Waals surface area contributed by atoms with Gasteiger partial charge in [0, 0.05) is 6.42 Å². The number of hydrogen-bond acceptors (Lipinski definition) is 6. The van der Waals surface area contributed by atoms with Gasteiger partial charge in [-0.1, -0.05) is 55.3 Å². The summed E-state index contributed by atoms with van der Waals surface area (Å²) >= 11 is 0. The van der Waals surface area contributed by atoms with E-state index in [1.54, 1.807) is 0 Å². The Morgan fingerprint density at radius 3 is 2.32 bits per heavy atom. The maximum absolute atomic E-state index is 11.9. The molecule has 0 aliphatic rings. The fourth-order valence-electron chi connectivity index (χ4n) is 3.01. The Hall–Kier alpha value is -2.90. The van der Waals surface area contributed by atoms with Gasteiger partial charge in [-0.25, -0.2) is 0 Å². The second-order valence-electron chi connectivity index (χ2n) is 7.37. The minimum atomic E-state index is -1.09. The lowest BCUT2D eigenvalue weighted by atomic mass is 10.1. The molecule has 0 saturated carbocycles. The first kappa shape index (κ1) is 24.4. The lowest BCUT2D eigenvalue weighted by Gasteiger charge is -2.14. The van der Waals surface area contributed by atoms with Crippen LogP contribution >= 0.6 is 0 Å². The van der Waals surface area contributed by atoms with Gasteiger partial charge in [-0.3, -0.25) is 9.59 Å². The number of benzene rings is 2. The molecule has 0 amide bonds. The number of hydrogen-bond donors (Lipinski definition) is 3. The van der Waals surface area contributed by atoms with Gasteiger partial charge in [-0.15, -0.1) is 5.48 Å². The zero-order valence-corrected chi connectivity index (χ0v) is 17.8. The molecule has 1 atom stereocenters. The molecule has 0 fully saturated rings. The predicted molar refractivity (Wildman–Crippen MR) is 119 cm³/mol. The number of aliphatic carboxylic acids is 1. The molecule has 0 spiro atoms. The SMILES string of the molecule is NCCCCCCOc1ccc(C[C@H](NOC(=O)CCc2ccccc2)C(=O)O)cc1. The summed E-state index contributed by atoms with van der Waals surface area (Å²) in [6.45, 7) is 1.36. The van der Waals surface area contributed by atoms with Crippen molar-refractivity contribution in [3.63, 3.8) is 0 Å². The smallest absolute Gasteiger partial charge is 0.325 e. The molecule has 2 aromatic carbocycles. The van der Waals surface area contributed by atoms with E-state index in [-0.39, 0.29) is 12.8 Å². The predicted octanol–water partition coefficient (Wildman–Crippen LogP) is 3.26. The Bertz CT molecular complexity index is 780. The standard InChI is InChI=1S/C24H32N2O5/c25-16-6-1-2-7-17-30-21-13-10-20(11-14-21)18-22(24(28)29)26-31-23(27)15-12-19-8-4-3-5-9-19/h3-5,8-11,13-14,22,26H,1-2,6-7,12,15-18,25H2,(H,28,29)/t22-/m0/s1. The summed E-state index contributed by atoms with van der Waals surface area (Å²) in [7, 11) is 0. The highest BCUT2D eigenvalue weighted by atomic mass is 16.7. The minimum absolute atomic E-state index is 0.168. The average molecular weight is 429 g/mol. The van der Waals surface area contributed by atoms with E-state index in [0.29, 0.717) is 13.0 Å². The van der Waals surface area contributed by atoms with Crippen LogP contribution in [0.2, 0.25) is 0 Å². The maximum atomic E-state index is 11.9. The van der Waals surface area contributed by atoms with Crippen LogP contribution in [0.5, 0.6) is 5.75 Å². The molecule has 0 saturated heterocycles. The topological polar surface area (TPSA) is 111 Å². The van der Waals surface area contributed by atoms with Gasteiger partial charge < -0.3 is 20.4 Å². The van der Waals surface area contributed by atoms with Crippen LogP contribution in [0.4, 0.5) is 0 Å². The van der Waals surface area contributed by atoms with E-state index in [2.05, 4.69) is 5.48 Å². The van der Waals surface area contributed by atoms with Crippen LogP contribution in [0.1, 0.15) is 43.2 Å². The zero-order chi connectivity index (χ0) is 22.3. The Balaban J connectivity index is 1.72. The molecule has 0 radical (unpaired) electrons. The molecule has 31 heavy (non-hydrogen) atoms. The van der Waals surface area contributed by atoms with Crippen molar-refractivity contribution in [2.45, 2.75) is 51.0 Å². The molecule has 0 heterocycles. The van der Waals surface area contributed by atoms with E-state index in [0.717, 1.165) is 49.1 Å². The van der Waals surface area contributed by atoms with Crippen LogP contribution in [-0.4, -0.2) is 36.2 Å². The number of carbonyl (C=O) groups excluding carboxylic acids is 1. The molecule has 0 unspecified atom stereocenters. The minimum Gasteiger partial charge on any atom is -0.494 e. The van der Waals surface area contributed by atoms with Gasteiger partial charge in [0.05, 0.1) is 13.0 Å². The van der Waals surface area contributed by atoms with E-state index >= 15 is 0 Å². The van der Waals surface area contributed by atoms with Crippen LogP contribution < -0.4 is 16.0 Å². The molecular formula is C24H32N2O5. The van der Waals surface area contributed by atoms with Gasteiger partial charge in [0.1, 0.15) is 11.8 Å². The van der Waals surface area contributed by atoms with Crippen molar-refractivity contribution in [2.24, 2.45) is 5.73 Å². The summed E-state index contributed by atoms with van der Waals surface area (Å²) in [5, 5.41) is 9.43. The molecule has 0 aliphatic carbocycles. The first-order valence-electron chi connectivity index (χ1n) is 10.7. The fraction of sp³-hybridized carbons (Fsp3) is 0.417. The molecular weight excluding hydrogens is 396 g/mol. The molecule has 0 aromatic heterocycles. The Labute approximate surface area is 183 Å². The number of nitrogens with two attached hydrogens (primary N) is 1. The number of carbonyl (C=O) groups is 2. The fourth-order valence-corrected chi connectivity index (χ4v) is 3.01. The molecule has 0 aliphatic heterocycles. The van der Waals surface area contributed by atoms with Crippen molar-refractivity contribution in [1.82, 2.24) is 5.48 Å². The molecule has 2 aromatic rings. The summed E-state index contributed by atoms with van der Waals surface area (Å²) in [5.74, 6) is -0.839. The highest BCUT2D eigenvalue weighted by Crippen LogP contribution is 2.14. The lowest BCUT2D eigenvalue weighted by molar-refractivity contribution is -0.157. The Morgan fingerprint density at radius 2 is 1.65 bits per heavy atom. The van der Waals surface area contributed by atoms with Crippen molar-refractivity contribution in [3.05, 3.63) is 65.7 Å². The third kappa shape index (κ3) is 10.1. The molecule has 4 N–H and O–H groups in total. The quantitative estimate of drug-likeness (QED) is 0.295. The van der Waals surface area contributed by atoms with Crippen molar-refractivity contribution < 1.29 is 24.3 Å². The van der Waals surface area contributed by atoms with Crippen LogP contribution in [0.25, 0.3) is 0 Å². The molecule has 0 bridgehead atoms. The summed E-state index contributed by atoms with van der Waals surface area (Å²) in [4.78, 5) is 28.4. The van der Waals surface area contributed by atoms with Gasteiger partial charge in [-0.05, 0) is 49.1 Å². The number of rotatable bonds is 15. The lowest BCUT2D eigenvalue weighted by Crippen LogP contribution is -2.39. The normalized spacial score (nSPS) is 11.6. The number of carboxylic acids is 1. The average Bonchev–Trinajstić information content (AvgIpc) is 2.79. The van der Waals surface area contributed by atoms with Crippen LogP contribution in [0.15, 0.2) is 54.6 Å².